The lowest BCUT2D eigenvalue weighted by Crippen LogP contribution is -2.32. The minimum Gasteiger partial charge on any atom is -0.372 e. The van der Waals surface area contributed by atoms with Crippen LogP contribution in [0.15, 0.2) is 91.4 Å². The number of nitrogens with zero attached hydrogens (tertiary/aromatic N) is 5. The summed E-state index contributed by atoms with van der Waals surface area (Å²) in [5.74, 6) is 0.296. The second-order valence-corrected chi connectivity index (χ2v) is 8.20. The summed E-state index contributed by atoms with van der Waals surface area (Å²) in [6, 6.07) is 22.5. The third-order valence-corrected chi connectivity index (χ3v) is 5.54. The van der Waals surface area contributed by atoms with Gasteiger partial charge in [-0.15, -0.1) is 10.2 Å². The van der Waals surface area contributed by atoms with E-state index in [1.54, 1.807) is 29.2 Å². The molecule has 0 atom stereocenters. The summed E-state index contributed by atoms with van der Waals surface area (Å²) < 4.78 is 1.77. The summed E-state index contributed by atoms with van der Waals surface area (Å²) in [4.78, 5) is 22.3. The lowest BCUT2D eigenvalue weighted by atomic mass is 10.1. The Balaban J connectivity index is 1.31. The van der Waals surface area contributed by atoms with Crippen molar-refractivity contribution in [3.63, 3.8) is 0 Å². The van der Waals surface area contributed by atoms with E-state index in [1.165, 1.54) is 12.0 Å². The van der Waals surface area contributed by atoms with Crippen LogP contribution in [0.3, 0.4) is 0 Å². The first kappa shape index (κ1) is 21.6. The van der Waals surface area contributed by atoms with Gasteiger partial charge in [0, 0.05) is 35.3 Å². The molecule has 0 N–H and O–H groups in total. The number of halogens is 1. The molecule has 34 heavy (non-hydrogen) atoms. The maximum Gasteiger partial charge on any atom is 0.256 e. The molecule has 0 bridgehead atoms. The Kier molecular flexibility index (Phi) is 5.93. The summed E-state index contributed by atoms with van der Waals surface area (Å²) in [7, 11) is 0. The van der Waals surface area contributed by atoms with Crippen molar-refractivity contribution >= 4 is 34.0 Å². The van der Waals surface area contributed by atoms with Gasteiger partial charge in [-0.05, 0) is 65.5 Å². The van der Waals surface area contributed by atoms with E-state index >= 15 is 0 Å². The van der Waals surface area contributed by atoms with Crippen molar-refractivity contribution in [3.8, 4) is 17.0 Å². The van der Waals surface area contributed by atoms with Crippen molar-refractivity contribution in [1.29, 1.82) is 0 Å². The fourth-order valence-corrected chi connectivity index (χ4v) is 3.70. The highest BCUT2D eigenvalue weighted by Crippen LogP contribution is 2.25. The monoisotopic (exact) mass is 469 g/mol. The number of aromatic nitrogens is 4. The van der Waals surface area contributed by atoms with Gasteiger partial charge in [-0.2, -0.15) is 0 Å². The van der Waals surface area contributed by atoms with E-state index in [2.05, 4.69) is 15.3 Å². The number of rotatable bonds is 6. The van der Waals surface area contributed by atoms with Gasteiger partial charge in [0.05, 0.1) is 18.4 Å². The summed E-state index contributed by atoms with van der Waals surface area (Å²) in [6.45, 7) is 2.06. The average molecular weight is 470 g/mol. The van der Waals surface area contributed by atoms with Crippen LogP contribution in [-0.4, -0.2) is 25.9 Å². The van der Waals surface area contributed by atoms with Crippen LogP contribution in [0.1, 0.15) is 12.5 Å². The number of hydrogen-bond acceptors (Lipinski definition) is 5. The molecule has 168 valence electrons. The Morgan fingerprint density at radius 2 is 1.79 bits per heavy atom. The van der Waals surface area contributed by atoms with Crippen LogP contribution in [-0.2, 0) is 11.3 Å². The average Bonchev–Trinajstić information content (AvgIpc) is 3.32. The molecule has 3 aromatic carbocycles. The van der Waals surface area contributed by atoms with Crippen molar-refractivity contribution in [2.75, 3.05) is 5.06 Å². The molecule has 0 spiro atoms. The van der Waals surface area contributed by atoms with E-state index in [9.17, 15) is 4.79 Å². The highest BCUT2D eigenvalue weighted by atomic mass is 35.5. The van der Waals surface area contributed by atoms with Crippen LogP contribution in [0.5, 0.6) is 5.75 Å². The molecule has 0 aliphatic heterocycles. The molecule has 0 fully saturated rings. The van der Waals surface area contributed by atoms with Crippen molar-refractivity contribution < 1.29 is 9.63 Å². The minimum atomic E-state index is -0.234. The fourth-order valence-electron chi connectivity index (χ4n) is 3.57. The maximum absolute atomic E-state index is 12.3. The first-order chi connectivity index (χ1) is 16.5. The molecule has 8 heteroatoms. The smallest absolute Gasteiger partial charge is 0.256 e. The SMILES string of the molecule is CC(=O)N(Oc1ccc(-c2cn(Cc3ccc(Cl)cc3)nn2)cc1)c1ccc2cnccc2c1. The number of pyridine rings is 1. The molecule has 2 aromatic heterocycles. The molecular weight excluding hydrogens is 450 g/mol. The van der Waals surface area contributed by atoms with Crippen LogP contribution >= 0.6 is 11.6 Å². The van der Waals surface area contributed by atoms with Crippen LogP contribution < -0.4 is 9.90 Å². The van der Waals surface area contributed by atoms with Gasteiger partial charge < -0.3 is 4.84 Å². The summed E-state index contributed by atoms with van der Waals surface area (Å²) in [5.41, 5.74) is 3.36. The van der Waals surface area contributed by atoms with E-state index in [0.29, 0.717) is 23.0 Å². The van der Waals surface area contributed by atoms with E-state index in [1.807, 2.05) is 66.9 Å². The first-order valence-corrected chi connectivity index (χ1v) is 11.0. The number of carbonyl (C=O) groups is 1. The number of carbonyl (C=O) groups excluding carboxylic acids is 1. The van der Waals surface area contributed by atoms with Gasteiger partial charge in [0.2, 0.25) is 0 Å². The predicted octanol–water partition coefficient (Wildman–Crippen LogP) is 5.54. The third kappa shape index (κ3) is 4.74. The molecule has 0 radical (unpaired) electrons. The van der Waals surface area contributed by atoms with Crippen LogP contribution in [0.25, 0.3) is 22.0 Å². The Hall–Kier alpha value is -4.23. The molecule has 0 aliphatic carbocycles. The fraction of sp³-hybridized carbons (Fsp3) is 0.0769. The van der Waals surface area contributed by atoms with Gasteiger partial charge in [0.1, 0.15) is 5.69 Å². The molecule has 7 nitrogen and oxygen atoms in total. The molecule has 2 heterocycles. The lowest BCUT2D eigenvalue weighted by molar-refractivity contribution is -0.120. The Morgan fingerprint density at radius 1 is 1.00 bits per heavy atom. The molecule has 0 unspecified atom stereocenters. The topological polar surface area (TPSA) is 73.1 Å². The van der Waals surface area contributed by atoms with Gasteiger partial charge in [-0.3, -0.25) is 9.78 Å². The second kappa shape index (κ2) is 9.33. The normalized spacial score (nSPS) is 10.9. The zero-order valence-corrected chi connectivity index (χ0v) is 19.1. The minimum absolute atomic E-state index is 0.234. The van der Waals surface area contributed by atoms with Gasteiger partial charge >= 0.3 is 0 Å². The Morgan fingerprint density at radius 3 is 2.56 bits per heavy atom. The van der Waals surface area contributed by atoms with Gasteiger partial charge in [-0.25, -0.2) is 4.68 Å². The molecule has 0 saturated carbocycles. The van der Waals surface area contributed by atoms with Gasteiger partial charge in [-0.1, -0.05) is 35.0 Å². The van der Waals surface area contributed by atoms with Crippen molar-refractivity contribution in [2.24, 2.45) is 0 Å². The number of fused-ring (bicyclic) bond motifs is 1. The number of hydroxylamine groups is 1. The van der Waals surface area contributed by atoms with E-state index in [4.69, 9.17) is 16.4 Å². The largest absolute Gasteiger partial charge is 0.372 e. The number of hydrogen-bond donors (Lipinski definition) is 0. The molecule has 0 aliphatic rings. The lowest BCUT2D eigenvalue weighted by Gasteiger charge is -2.21. The maximum atomic E-state index is 12.3. The van der Waals surface area contributed by atoms with Crippen LogP contribution in [0, 0.1) is 0 Å². The van der Waals surface area contributed by atoms with Gasteiger partial charge in [0.15, 0.2) is 5.75 Å². The Labute approximate surface area is 201 Å². The van der Waals surface area contributed by atoms with Crippen LogP contribution in [0.2, 0.25) is 5.02 Å². The molecule has 0 saturated heterocycles. The van der Waals surface area contributed by atoms with E-state index < -0.39 is 0 Å². The van der Waals surface area contributed by atoms with E-state index in [-0.39, 0.29) is 5.91 Å². The number of anilines is 1. The zero-order valence-electron chi connectivity index (χ0n) is 18.3. The quantitative estimate of drug-likeness (QED) is 0.305. The number of benzene rings is 3. The predicted molar refractivity (Wildman–Crippen MR) is 132 cm³/mol. The molecular formula is C26H20ClN5O2. The molecule has 1 amide bonds. The summed E-state index contributed by atoms with van der Waals surface area (Å²) in [5, 5.41) is 12.4. The number of amides is 1. The standard InChI is InChI=1S/C26H20ClN5O2/c1-18(33)32(24-9-4-22-15-28-13-12-21(22)14-24)34-25-10-5-20(6-11-25)26-17-31(30-29-26)16-19-2-7-23(27)8-3-19/h2-15,17H,16H2,1H3. The first-order valence-electron chi connectivity index (χ1n) is 10.6. The third-order valence-electron chi connectivity index (χ3n) is 5.29. The van der Waals surface area contributed by atoms with Crippen molar-refractivity contribution in [2.45, 2.75) is 13.5 Å². The molecule has 5 rings (SSSR count). The van der Waals surface area contributed by atoms with E-state index in [0.717, 1.165) is 27.6 Å². The van der Waals surface area contributed by atoms with Crippen molar-refractivity contribution in [3.05, 3.63) is 102 Å². The van der Waals surface area contributed by atoms with Gasteiger partial charge in [0.25, 0.3) is 5.91 Å². The zero-order chi connectivity index (χ0) is 23.5. The summed E-state index contributed by atoms with van der Waals surface area (Å²) >= 11 is 5.95. The second-order valence-electron chi connectivity index (χ2n) is 7.76. The van der Waals surface area contributed by atoms with Crippen molar-refractivity contribution in [1.82, 2.24) is 20.0 Å². The highest BCUT2D eigenvalue weighted by molar-refractivity contribution is 6.30. The highest BCUT2D eigenvalue weighted by Gasteiger charge is 2.15. The Bertz CT molecular complexity index is 1450. The summed E-state index contributed by atoms with van der Waals surface area (Å²) in [6.07, 6.45) is 5.38. The van der Waals surface area contributed by atoms with Crippen LogP contribution in [0.4, 0.5) is 5.69 Å². The molecule has 5 aromatic rings.